The van der Waals surface area contributed by atoms with E-state index in [4.69, 9.17) is 4.74 Å². The van der Waals surface area contributed by atoms with E-state index < -0.39 is 0 Å². The summed E-state index contributed by atoms with van der Waals surface area (Å²) in [6, 6.07) is -0.116. The second kappa shape index (κ2) is 7.10. The Labute approximate surface area is 134 Å². The van der Waals surface area contributed by atoms with Gasteiger partial charge in [-0.15, -0.1) is 0 Å². The maximum Gasteiger partial charge on any atom is 0.252 e. The molecule has 2 heterocycles. The molecule has 22 heavy (non-hydrogen) atoms. The first kappa shape index (κ1) is 16.8. The lowest BCUT2D eigenvalue weighted by molar-refractivity contribution is -0.149. The predicted octanol–water partition coefficient (Wildman–Crippen LogP) is 3.65. The number of ether oxygens (including phenoxy) is 1. The van der Waals surface area contributed by atoms with Crippen LogP contribution in [-0.2, 0) is 9.53 Å². The van der Waals surface area contributed by atoms with Crippen LogP contribution in [0.4, 0.5) is 0 Å². The van der Waals surface area contributed by atoms with Gasteiger partial charge in [-0.1, -0.05) is 44.4 Å². The Hall–Kier alpha value is -1.61. The number of amides is 1. The zero-order valence-electron chi connectivity index (χ0n) is 13.8. The third-order valence-electron chi connectivity index (χ3n) is 4.59. The minimum Gasteiger partial charge on any atom is -0.368 e. The van der Waals surface area contributed by atoms with Gasteiger partial charge >= 0.3 is 0 Å². The van der Waals surface area contributed by atoms with E-state index in [1.54, 1.807) is 0 Å². The molecule has 3 atom stereocenters. The van der Waals surface area contributed by atoms with E-state index in [1.807, 2.05) is 24.0 Å². The summed E-state index contributed by atoms with van der Waals surface area (Å²) in [6.45, 7) is 17.4. The third kappa shape index (κ3) is 3.25. The van der Waals surface area contributed by atoms with Crippen LogP contribution >= 0.6 is 0 Å². The lowest BCUT2D eigenvalue weighted by atomic mass is 9.88. The molecule has 1 fully saturated rings. The highest BCUT2D eigenvalue weighted by molar-refractivity contribution is 5.82. The maximum absolute atomic E-state index is 12.9. The quantitative estimate of drug-likeness (QED) is 0.742. The van der Waals surface area contributed by atoms with Crippen LogP contribution in [0.3, 0.4) is 0 Å². The van der Waals surface area contributed by atoms with E-state index in [0.717, 1.165) is 36.0 Å². The molecule has 1 saturated heterocycles. The zero-order valence-corrected chi connectivity index (χ0v) is 13.8. The molecule has 0 spiro atoms. The molecule has 0 aromatic rings. The van der Waals surface area contributed by atoms with Gasteiger partial charge in [0.05, 0.1) is 12.6 Å². The number of carbonyl (C=O) groups excluding carboxylic acids is 1. The fourth-order valence-electron chi connectivity index (χ4n) is 3.35. The molecule has 3 nitrogen and oxygen atoms in total. The van der Waals surface area contributed by atoms with Crippen molar-refractivity contribution in [2.24, 2.45) is 5.92 Å². The lowest BCUT2D eigenvalue weighted by Crippen LogP contribution is -2.51. The van der Waals surface area contributed by atoms with Crippen molar-refractivity contribution < 1.29 is 9.53 Å². The monoisotopic (exact) mass is 301 g/mol. The molecule has 0 N–H and O–H groups in total. The zero-order chi connectivity index (χ0) is 16.3. The number of allylic oxidation sites excluding steroid dienone is 1. The second-order valence-electron chi connectivity index (χ2n) is 6.42. The third-order valence-corrected chi connectivity index (χ3v) is 4.59. The van der Waals surface area contributed by atoms with Crippen molar-refractivity contribution >= 4 is 5.91 Å². The van der Waals surface area contributed by atoms with Crippen molar-refractivity contribution in [2.75, 3.05) is 13.2 Å². The topological polar surface area (TPSA) is 29.5 Å². The first-order valence-corrected chi connectivity index (χ1v) is 8.05. The number of rotatable bonds is 4. The smallest absolute Gasteiger partial charge is 0.252 e. The van der Waals surface area contributed by atoms with Crippen LogP contribution in [0, 0.1) is 5.92 Å². The standard InChI is InChI=1S/C19H27NO2/c1-6-15-10-11-20(18(13(3)4)16(15)7-2)19(21)17-9-8-14(5)12-22-17/h6-7,14,17-18H,1-3,8-12H2,4-5H3/t14?,17?,18-/m0/s1. The number of hydrogen-bond donors (Lipinski definition) is 0. The summed E-state index contributed by atoms with van der Waals surface area (Å²) in [4.78, 5) is 14.8. The average Bonchev–Trinajstić information content (AvgIpc) is 2.53. The Morgan fingerprint density at radius 3 is 2.55 bits per heavy atom. The minimum absolute atomic E-state index is 0.0855. The predicted molar refractivity (Wildman–Crippen MR) is 90.5 cm³/mol. The fraction of sp³-hybridized carbons (Fsp3) is 0.526. The highest BCUT2D eigenvalue weighted by Gasteiger charge is 2.36. The molecule has 2 aliphatic rings. The number of carbonyl (C=O) groups is 1. The van der Waals surface area contributed by atoms with Crippen LogP contribution in [0.1, 0.15) is 33.1 Å². The SMILES string of the molecule is C=CC1=C(C=C)[C@H](C(=C)C)N(C(=O)C2CCC(C)CO2)CC1. The molecule has 0 radical (unpaired) electrons. The Balaban J connectivity index is 2.24. The maximum atomic E-state index is 12.9. The molecule has 1 amide bonds. The van der Waals surface area contributed by atoms with Gasteiger partial charge in [-0.2, -0.15) is 0 Å². The van der Waals surface area contributed by atoms with Gasteiger partial charge in [0.1, 0.15) is 6.10 Å². The molecule has 0 aromatic carbocycles. The molecule has 3 heteroatoms. The molecule has 0 saturated carbocycles. The van der Waals surface area contributed by atoms with Crippen LogP contribution in [-0.4, -0.2) is 36.1 Å². The molecule has 0 aliphatic carbocycles. The van der Waals surface area contributed by atoms with Crippen LogP contribution in [0.25, 0.3) is 0 Å². The summed E-state index contributed by atoms with van der Waals surface area (Å²) in [6.07, 6.45) is 6.05. The van der Waals surface area contributed by atoms with Gasteiger partial charge in [0.2, 0.25) is 0 Å². The van der Waals surface area contributed by atoms with Gasteiger partial charge in [-0.25, -0.2) is 0 Å². The Morgan fingerprint density at radius 1 is 1.32 bits per heavy atom. The summed E-state index contributed by atoms with van der Waals surface area (Å²) in [5.41, 5.74) is 3.16. The van der Waals surface area contributed by atoms with Crippen molar-refractivity contribution in [3.63, 3.8) is 0 Å². The first-order valence-electron chi connectivity index (χ1n) is 8.05. The highest BCUT2D eigenvalue weighted by atomic mass is 16.5. The van der Waals surface area contributed by atoms with Crippen LogP contribution < -0.4 is 0 Å². The van der Waals surface area contributed by atoms with E-state index in [1.165, 1.54) is 0 Å². The lowest BCUT2D eigenvalue weighted by Gasteiger charge is -2.40. The van der Waals surface area contributed by atoms with Gasteiger partial charge in [0, 0.05) is 6.54 Å². The molecule has 2 aliphatic heterocycles. The second-order valence-corrected chi connectivity index (χ2v) is 6.42. The summed E-state index contributed by atoms with van der Waals surface area (Å²) in [5.74, 6) is 0.626. The number of nitrogens with zero attached hydrogens (tertiary/aromatic N) is 1. The minimum atomic E-state index is -0.311. The van der Waals surface area contributed by atoms with Gasteiger partial charge in [0.15, 0.2) is 0 Å². The average molecular weight is 301 g/mol. The molecule has 120 valence electrons. The summed E-state index contributed by atoms with van der Waals surface area (Å²) < 4.78 is 5.77. The first-order chi connectivity index (χ1) is 10.5. The van der Waals surface area contributed by atoms with Crippen molar-refractivity contribution in [3.05, 3.63) is 48.6 Å². The van der Waals surface area contributed by atoms with Gasteiger partial charge in [-0.3, -0.25) is 4.79 Å². The van der Waals surface area contributed by atoms with Gasteiger partial charge in [-0.05, 0) is 43.3 Å². The van der Waals surface area contributed by atoms with E-state index in [9.17, 15) is 4.79 Å². The van der Waals surface area contributed by atoms with E-state index >= 15 is 0 Å². The Kier molecular flexibility index (Phi) is 5.41. The normalized spacial score (nSPS) is 29.2. The molecule has 2 rings (SSSR count). The van der Waals surface area contributed by atoms with E-state index in [2.05, 4.69) is 26.7 Å². The van der Waals surface area contributed by atoms with Crippen LogP contribution in [0.2, 0.25) is 0 Å². The molecule has 2 unspecified atom stereocenters. The molecule has 0 aromatic heterocycles. The van der Waals surface area contributed by atoms with E-state index in [-0.39, 0.29) is 18.1 Å². The fourth-order valence-corrected chi connectivity index (χ4v) is 3.35. The molecular weight excluding hydrogens is 274 g/mol. The summed E-state index contributed by atoms with van der Waals surface area (Å²) in [5, 5.41) is 0. The molecule has 0 bridgehead atoms. The van der Waals surface area contributed by atoms with Crippen LogP contribution in [0.15, 0.2) is 48.6 Å². The summed E-state index contributed by atoms with van der Waals surface area (Å²) in [7, 11) is 0. The van der Waals surface area contributed by atoms with Crippen molar-refractivity contribution in [1.82, 2.24) is 4.90 Å². The van der Waals surface area contributed by atoms with Crippen molar-refractivity contribution in [2.45, 2.75) is 45.3 Å². The van der Waals surface area contributed by atoms with Crippen LogP contribution in [0.5, 0.6) is 0 Å². The van der Waals surface area contributed by atoms with Crippen molar-refractivity contribution in [3.8, 4) is 0 Å². The van der Waals surface area contributed by atoms with Crippen molar-refractivity contribution in [1.29, 1.82) is 0 Å². The Bertz CT molecular complexity index is 510. The van der Waals surface area contributed by atoms with E-state index in [0.29, 0.717) is 19.1 Å². The number of hydrogen-bond acceptors (Lipinski definition) is 2. The highest BCUT2D eigenvalue weighted by Crippen LogP contribution is 2.31. The Morgan fingerprint density at radius 2 is 2.05 bits per heavy atom. The van der Waals surface area contributed by atoms with Gasteiger partial charge < -0.3 is 9.64 Å². The summed E-state index contributed by atoms with van der Waals surface area (Å²) >= 11 is 0. The largest absolute Gasteiger partial charge is 0.368 e. The van der Waals surface area contributed by atoms with Gasteiger partial charge in [0.25, 0.3) is 5.91 Å². The molecular formula is C19H27NO2.